The van der Waals surface area contributed by atoms with Gasteiger partial charge in [-0.1, -0.05) is 0 Å². The molecular formula is C10H9N3O3. The summed E-state index contributed by atoms with van der Waals surface area (Å²) in [6.07, 6.45) is 0. The molecule has 6 heteroatoms. The van der Waals surface area contributed by atoms with Crippen molar-refractivity contribution in [3.63, 3.8) is 0 Å². The van der Waals surface area contributed by atoms with Crippen LogP contribution >= 0.6 is 0 Å². The minimum atomic E-state index is -0.517. The summed E-state index contributed by atoms with van der Waals surface area (Å²) >= 11 is 0. The van der Waals surface area contributed by atoms with Crippen molar-refractivity contribution in [1.82, 2.24) is 5.43 Å². The van der Waals surface area contributed by atoms with E-state index in [-0.39, 0.29) is 0 Å². The number of nitrogens with one attached hydrogen (secondary N) is 2. The Labute approximate surface area is 90.0 Å². The molecule has 2 rings (SSSR count). The molecule has 0 saturated carbocycles. The monoisotopic (exact) mass is 219 g/mol. The van der Waals surface area contributed by atoms with Crippen molar-refractivity contribution >= 4 is 22.7 Å². The predicted octanol–water partition coefficient (Wildman–Crippen LogP) is 0.788. The van der Waals surface area contributed by atoms with Crippen LogP contribution in [0.25, 0.3) is 11.0 Å². The smallest absolute Gasteiger partial charge is 0.336 e. The van der Waals surface area contributed by atoms with Crippen molar-refractivity contribution in [2.45, 2.75) is 0 Å². The maximum Gasteiger partial charge on any atom is 0.336 e. The minimum absolute atomic E-state index is 0.409. The third-order valence-corrected chi connectivity index (χ3v) is 2.01. The topological polar surface area (TPSA) is 97.4 Å². The van der Waals surface area contributed by atoms with Crippen LogP contribution in [0.15, 0.2) is 39.5 Å². The number of urea groups is 1. The molecule has 0 aliphatic rings. The Kier molecular flexibility index (Phi) is 2.57. The number of benzene rings is 1. The van der Waals surface area contributed by atoms with E-state index in [4.69, 9.17) is 10.3 Å². The van der Waals surface area contributed by atoms with E-state index in [1.54, 1.807) is 24.3 Å². The highest BCUT2D eigenvalue weighted by molar-refractivity contribution is 5.91. The lowest BCUT2D eigenvalue weighted by atomic mass is 10.2. The Balaban J connectivity index is 2.40. The minimum Gasteiger partial charge on any atom is -0.423 e. The van der Waals surface area contributed by atoms with Crippen molar-refractivity contribution < 1.29 is 9.21 Å². The van der Waals surface area contributed by atoms with Crippen LogP contribution in [0.1, 0.15) is 0 Å². The van der Waals surface area contributed by atoms with Crippen molar-refractivity contribution in [1.29, 1.82) is 0 Å². The van der Waals surface area contributed by atoms with E-state index in [2.05, 4.69) is 5.32 Å². The zero-order chi connectivity index (χ0) is 11.5. The van der Waals surface area contributed by atoms with Crippen LogP contribution in [-0.2, 0) is 0 Å². The molecule has 0 atom stereocenters. The van der Waals surface area contributed by atoms with Crippen LogP contribution in [-0.4, -0.2) is 6.03 Å². The third kappa shape index (κ3) is 2.01. The molecule has 0 radical (unpaired) electrons. The van der Waals surface area contributed by atoms with Crippen molar-refractivity contribution in [3.8, 4) is 0 Å². The lowest BCUT2D eigenvalue weighted by Crippen LogP contribution is -2.34. The highest BCUT2D eigenvalue weighted by Gasteiger charge is 2.01. The zero-order valence-corrected chi connectivity index (χ0v) is 8.19. The van der Waals surface area contributed by atoms with Gasteiger partial charge in [-0.2, -0.15) is 0 Å². The molecule has 1 aromatic carbocycles. The standard InChI is InChI=1S/C10H9N3O3/c11-13-10(15)12-7-2-3-8-6(5-7)1-4-9(14)16-8/h1-5H,11H2,(H2,12,13,15). The Morgan fingerprint density at radius 3 is 2.81 bits per heavy atom. The van der Waals surface area contributed by atoms with E-state index in [0.717, 1.165) is 5.39 Å². The van der Waals surface area contributed by atoms with Crippen molar-refractivity contribution in [3.05, 3.63) is 40.8 Å². The molecule has 1 aromatic heterocycles. The molecule has 6 nitrogen and oxygen atoms in total. The molecular weight excluding hydrogens is 210 g/mol. The summed E-state index contributed by atoms with van der Waals surface area (Å²) in [5.74, 6) is 4.93. The lowest BCUT2D eigenvalue weighted by Gasteiger charge is -2.04. The molecule has 16 heavy (non-hydrogen) atoms. The normalized spacial score (nSPS) is 10.1. The number of carbonyl (C=O) groups is 1. The van der Waals surface area contributed by atoms with Crippen LogP contribution in [0, 0.1) is 0 Å². The average molecular weight is 219 g/mol. The number of fused-ring (bicyclic) bond motifs is 1. The lowest BCUT2D eigenvalue weighted by molar-refractivity contribution is 0.252. The number of rotatable bonds is 1. The predicted molar refractivity (Wildman–Crippen MR) is 58.8 cm³/mol. The van der Waals surface area contributed by atoms with Crippen LogP contribution in [0.4, 0.5) is 10.5 Å². The SMILES string of the molecule is NNC(=O)Nc1ccc2oc(=O)ccc2c1. The maximum atomic E-state index is 11.0. The van der Waals surface area contributed by atoms with Gasteiger partial charge in [0.2, 0.25) is 0 Å². The van der Waals surface area contributed by atoms with E-state index in [9.17, 15) is 9.59 Å². The fourth-order valence-electron chi connectivity index (χ4n) is 1.32. The van der Waals surface area contributed by atoms with Gasteiger partial charge in [0.25, 0.3) is 0 Å². The first-order valence-electron chi connectivity index (χ1n) is 4.50. The number of anilines is 1. The summed E-state index contributed by atoms with van der Waals surface area (Å²) in [6, 6.07) is 7.30. The number of hydrogen-bond acceptors (Lipinski definition) is 4. The molecule has 2 amide bonds. The molecule has 0 aliphatic heterocycles. The van der Waals surface area contributed by atoms with E-state index >= 15 is 0 Å². The van der Waals surface area contributed by atoms with Crippen molar-refractivity contribution in [2.75, 3.05) is 5.32 Å². The first kappa shape index (κ1) is 10.2. The summed E-state index contributed by atoms with van der Waals surface area (Å²) in [6.45, 7) is 0. The van der Waals surface area contributed by atoms with Crippen LogP contribution in [0.2, 0.25) is 0 Å². The van der Waals surface area contributed by atoms with Crippen LogP contribution in [0.5, 0.6) is 0 Å². The molecule has 1 heterocycles. The van der Waals surface area contributed by atoms with Crippen LogP contribution in [0.3, 0.4) is 0 Å². The summed E-state index contributed by atoms with van der Waals surface area (Å²) in [4.78, 5) is 21.9. The Hall–Kier alpha value is -2.34. The molecule has 0 aliphatic carbocycles. The van der Waals surface area contributed by atoms with Gasteiger partial charge in [-0.05, 0) is 24.3 Å². The van der Waals surface area contributed by atoms with Crippen molar-refractivity contribution in [2.24, 2.45) is 5.84 Å². The fourth-order valence-corrected chi connectivity index (χ4v) is 1.32. The second-order valence-electron chi connectivity index (χ2n) is 3.11. The van der Waals surface area contributed by atoms with Gasteiger partial charge < -0.3 is 9.73 Å². The summed E-state index contributed by atoms with van der Waals surface area (Å²) in [5.41, 5.74) is 2.56. The molecule has 0 unspecified atom stereocenters. The zero-order valence-electron chi connectivity index (χ0n) is 8.19. The maximum absolute atomic E-state index is 11.0. The first-order valence-corrected chi connectivity index (χ1v) is 4.50. The van der Waals surface area contributed by atoms with Gasteiger partial charge in [-0.15, -0.1) is 0 Å². The summed E-state index contributed by atoms with van der Waals surface area (Å²) < 4.78 is 4.94. The van der Waals surface area contributed by atoms with Gasteiger partial charge in [-0.25, -0.2) is 15.4 Å². The Morgan fingerprint density at radius 2 is 2.06 bits per heavy atom. The summed E-state index contributed by atoms with van der Waals surface area (Å²) in [5, 5.41) is 3.22. The average Bonchev–Trinajstić information content (AvgIpc) is 2.29. The molecule has 4 N–H and O–H groups in total. The Morgan fingerprint density at radius 1 is 1.25 bits per heavy atom. The van der Waals surface area contributed by atoms with Gasteiger partial charge in [0.1, 0.15) is 5.58 Å². The number of amides is 2. The first-order chi connectivity index (χ1) is 7.69. The Bertz CT molecular complexity index is 591. The highest BCUT2D eigenvalue weighted by atomic mass is 16.4. The van der Waals surface area contributed by atoms with E-state index in [1.807, 2.05) is 5.43 Å². The highest BCUT2D eigenvalue weighted by Crippen LogP contribution is 2.17. The number of hydrogen-bond donors (Lipinski definition) is 3. The van der Waals surface area contributed by atoms with E-state index in [0.29, 0.717) is 11.3 Å². The van der Waals surface area contributed by atoms with Gasteiger partial charge in [0, 0.05) is 17.1 Å². The van der Waals surface area contributed by atoms with Gasteiger partial charge >= 0.3 is 11.7 Å². The molecule has 0 bridgehead atoms. The van der Waals surface area contributed by atoms with E-state index < -0.39 is 11.7 Å². The van der Waals surface area contributed by atoms with Gasteiger partial charge in [-0.3, -0.25) is 5.43 Å². The number of carbonyl (C=O) groups excluding carboxylic acids is 1. The number of hydrazine groups is 1. The summed E-state index contributed by atoms with van der Waals surface area (Å²) in [7, 11) is 0. The number of nitrogens with two attached hydrogens (primary N) is 1. The molecule has 0 fully saturated rings. The fraction of sp³-hybridized carbons (Fsp3) is 0. The molecule has 0 spiro atoms. The molecule has 0 saturated heterocycles. The third-order valence-electron chi connectivity index (χ3n) is 2.01. The largest absolute Gasteiger partial charge is 0.423 e. The van der Waals surface area contributed by atoms with E-state index in [1.165, 1.54) is 6.07 Å². The quantitative estimate of drug-likeness (QED) is 0.286. The van der Waals surface area contributed by atoms with Crippen LogP contribution < -0.4 is 22.2 Å². The second kappa shape index (κ2) is 4.03. The van der Waals surface area contributed by atoms with Gasteiger partial charge in [0.15, 0.2) is 0 Å². The second-order valence-corrected chi connectivity index (χ2v) is 3.11. The molecule has 82 valence electrons. The van der Waals surface area contributed by atoms with Gasteiger partial charge in [0.05, 0.1) is 0 Å². The molecule has 2 aromatic rings.